The zero-order chi connectivity index (χ0) is 10.8. The maximum atomic E-state index is 11.1. The van der Waals surface area contributed by atoms with E-state index in [1.165, 1.54) is 0 Å². The number of hydrogen-bond donors (Lipinski definition) is 1. The summed E-state index contributed by atoms with van der Waals surface area (Å²) >= 11 is 0. The minimum Gasteiger partial charge on any atom is -0.466 e. The van der Waals surface area contributed by atoms with Crippen molar-refractivity contribution in [2.45, 2.75) is 46.1 Å². The van der Waals surface area contributed by atoms with Crippen LogP contribution in [0.4, 0.5) is 0 Å². The summed E-state index contributed by atoms with van der Waals surface area (Å²) in [6, 6.07) is 0.301. The first-order valence-corrected chi connectivity index (χ1v) is 5.39. The molecule has 0 saturated heterocycles. The minimum absolute atomic E-state index is 0.0798. The lowest BCUT2D eigenvalue weighted by molar-refractivity contribution is -0.144. The van der Waals surface area contributed by atoms with E-state index in [1.54, 1.807) is 0 Å². The van der Waals surface area contributed by atoms with Crippen LogP contribution in [0.25, 0.3) is 0 Å². The van der Waals surface area contributed by atoms with Crippen LogP contribution in [0.5, 0.6) is 0 Å². The van der Waals surface area contributed by atoms with Crippen LogP contribution in [0, 0.1) is 11.3 Å². The molecule has 0 radical (unpaired) electrons. The Kier molecular flexibility index (Phi) is 3.53. The van der Waals surface area contributed by atoms with Crippen molar-refractivity contribution in [1.82, 2.24) is 0 Å². The summed E-state index contributed by atoms with van der Waals surface area (Å²) < 4.78 is 4.89. The Morgan fingerprint density at radius 3 is 2.64 bits per heavy atom. The lowest BCUT2D eigenvalue weighted by Gasteiger charge is -2.50. The monoisotopic (exact) mass is 199 g/mol. The molecule has 0 heterocycles. The topological polar surface area (TPSA) is 52.3 Å². The first kappa shape index (κ1) is 11.5. The first-order valence-electron chi connectivity index (χ1n) is 5.39. The van der Waals surface area contributed by atoms with Gasteiger partial charge in [-0.05, 0) is 31.1 Å². The first-order chi connectivity index (χ1) is 6.48. The standard InChI is InChI=1S/C11H21NO2/c1-4-14-10(13)6-5-8-7-9(12)11(8,2)3/h8-9H,4-7,12H2,1-3H3/t8-,9+/m1/s1. The lowest BCUT2D eigenvalue weighted by Crippen LogP contribution is -2.54. The summed E-state index contributed by atoms with van der Waals surface area (Å²) in [5, 5.41) is 0. The molecule has 0 spiro atoms. The molecule has 1 aliphatic carbocycles. The molecule has 0 unspecified atom stereocenters. The van der Waals surface area contributed by atoms with E-state index in [9.17, 15) is 4.79 Å². The van der Waals surface area contributed by atoms with Gasteiger partial charge in [0.25, 0.3) is 0 Å². The number of esters is 1. The van der Waals surface area contributed by atoms with Crippen molar-refractivity contribution in [3.05, 3.63) is 0 Å². The second-order valence-electron chi connectivity index (χ2n) is 4.70. The van der Waals surface area contributed by atoms with Crippen molar-refractivity contribution < 1.29 is 9.53 Å². The molecule has 0 aliphatic heterocycles. The van der Waals surface area contributed by atoms with Crippen LogP contribution in [-0.2, 0) is 9.53 Å². The summed E-state index contributed by atoms with van der Waals surface area (Å²) in [4.78, 5) is 11.1. The van der Waals surface area contributed by atoms with Gasteiger partial charge in [0.15, 0.2) is 0 Å². The van der Waals surface area contributed by atoms with E-state index in [0.29, 0.717) is 25.0 Å². The zero-order valence-corrected chi connectivity index (χ0v) is 9.38. The van der Waals surface area contributed by atoms with Crippen LogP contribution < -0.4 is 5.73 Å². The second-order valence-corrected chi connectivity index (χ2v) is 4.70. The zero-order valence-electron chi connectivity index (χ0n) is 9.38. The Morgan fingerprint density at radius 2 is 2.21 bits per heavy atom. The van der Waals surface area contributed by atoms with E-state index in [-0.39, 0.29) is 11.4 Å². The van der Waals surface area contributed by atoms with Crippen molar-refractivity contribution in [3.63, 3.8) is 0 Å². The molecule has 3 nitrogen and oxygen atoms in total. The van der Waals surface area contributed by atoms with E-state index in [0.717, 1.165) is 12.8 Å². The smallest absolute Gasteiger partial charge is 0.305 e. The van der Waals surface area contributed by atoms with Crippen molar-refractivity contribution >= 4 is 5.97 Å². The summed E-state index contributed by atoms with van der Waals surface area (Å²) in [7, 11) is 0. The Morgan fingerprint density at radius 1 is 1.57 bits per heavy atom. The van der Waals surface area contributed by atoms with Crippen LogP contribution in [-0.4, -0.2) is 18.6 Å². The van der Waals surface area contributed by atoms with Crippen molar-refractivity contribution in [2.24, 2.45) is 17.1 Å². The molecule has 2 atom stereocenters. The highest BCUT2D eigenvalue weighted by Crippen LogP contribution is 2.47. The fourth-order valence-electron chi connectivity index (χ4n) is 2.07. The SMILES string of the molecule is CCOC(=O)CC[C@@H]1C[C@H](N)C1(C)C. The highest BCUT2D eigenvalue weighted by molar-refractivity contribution is 5.69. The number of nitrogens with two attached hydrogens (primary N) is 1. The molecule has 2 N–H and O–H groups in total. The summed E-state index contributed by atoms with van der Waals surface area (Å²) in [6.45, 7) is 6.67. The van der Waals surface area contributed by atoms with E-state index >= 15 is 0 Å². The predicted octanol–water partition coefficient (Wildman–Crippen LogP) is 1.70. The highest BCUT2D eigenvalue weighted by atomic mass is 16.5. The van der Waals surface area contributed by atoms with Gasteiger partial charge in [-0.15, -0.1) is 0 Å². The molecule has 82 valence electrons. The summed E-state index contributed by atoms with van der Waals surface area (Å²) in [5.74, 6) is 0.505. The molecule has 0 aromatic carbocycles. The summed E-state index contributed by atoms with van der Waals surface area (Å²) in [5.41, 5.74) is 6.10. The molecule has 0 aromatic rings. The van der Waals surface area contributed by atoms with E-state index in [4.69, 9.17) is 10.5 Å². The average Bonchev–Trinajstić information content (AvgIpc) is 2.12. The Labute approximate surface area is 86.0 Å². The fraction of sp³-hybridized carbons (Fsp3) is 0.909. The van der Waals surface area contributed by atoms with Crippen LogP contribution >= 0.6 is 0 Å². The largest absolute Gasteiger partial charge is 0.466 e. The number of ether oxygens (including phenoxy) is 1. The van der Waals surface area contributed by atoms with Gasteiger partial charge in [0.1, 0.15) is 0 Å². The van der Waals surface area contributed by atoms with Crippen molar-refractivity contribution in [1.29, 1.82) is 0 Å². The number of carbonyl (C=O) groups excluding carboxylic acids is 1. The van der Waals surface area contributed by atoms with Crippen LogP contribution in [0.1, 0.15) is 40.0 Å². The molecular formula is C11H21NO2. The highest BCUT2D eigenvalue weighted by Gasteiger charge is 2.45. The van der Waals surface area contributed by atoms with Gasteiger partial charge in [-0.2, -0.15) is 0 Å². The molecule has 0 bridgehead atoms. The molecule has 1 aliphatic rings. The number of rotatable bonds is 4. The molecule has 1 saturated carbocycles. The number of carbonyl (C=O) groups is 1. The Hall–Kier alpha value is -0.570. The third-order valence-corrected chi connectivity index (χ3v) is 3.55. The van der Waals surface area contributed by atoms with E-state index in [1.807, 2.05) is 6.92 Å². The normalized spacial score (nSPS) is 29.4. The van der Waals surface area contributed by atoms with Gasteiger partial charge in [0.05, 0.1) is 6.61 Å². The predicted molar refractivity (Wildman–Crippen MR) is 55.7 cm³/mol. The fourth-order valence-corrected chi connectivity index (χ4v) is 2.07. The van der Waals surface area contributed by atoms with Gasteiger partial charge in [0, 0.05) is 12.5 Å². The third-order valence-electron chi connectivity index (χ3n) is 3.55. The van der Waals surface area contributed by atoms with Crippen molar-refractivity contribution in [3.8, 4) is 0 Å². The molecule has 0 amide bonds. The molecule has 3 heteroatoms. The number of hydrogen-bond acceptors (Lipinski definition) is 3. The molecule has 0 aromatic heterocycles. The van der Waals surface area contributed by atoms with Gasteiger partial charge in [-0.1, -0.05) is 13.8 Å². The van der Waals surface area contributed by atoms with Crippen LogP contribution in [0.2, 0.25) is 0 Å². The quantitative estimate of drug-likeness (QED) is 0.701. The van der Waals surface area contributed by atoms with Gasteiger partial charge in [-0.25, -0.2) is 0 Å². The molecule has 1 fully saturated rings. The molecule has 1 rings (SSSR count). The maximum absolute atomic E-state index is 11.1. The van der Waals surface area contributed by atoms with E-state index < -0.39 is 0 Å². The summed E-state index contributed by atoms with van der Waals surface area (Å²) in [6.07, 6.45) is 2.50. The van der Waals surface area contributed by atoms with Crippen LogP contribution in [0.15, 0.2) is 0 Å². The van der Waals surface area contributed by atoms with Gasteiger partial charge < -0.3 is 10.5 Å². The molecular weight excluding hydrogens is 178 g/mol. The van der Waals surface area contributed by atoms with Crippen molar-refractivity contribution in [2.75, 3.05) is 6.61 Å². The van der Waals surface area contributed by atoms with Gasteiger partial charge >= 0.3 is 5.97 Å². The van der Waals surface area contributed by atoms with Crippen LogP contribution in [0.3, 0.4) is 0 Å². The lowest BCUT2D eigenvalue weighted by atomic mass is 9.57. The minimum atomic E-state index is -0.0798. The van der Waals surface area contributed by atoms with Gasteiger partial charge in [-0.3, -0.25) is 4.79 Å². The molecule has 14 heavy (non-hydrogen) atoms. The average molecular weight is 199 g/mol. The van der Waals surface area contributed by atoms with Gasteiger partial charge in [0.2, 0.25) is 0 Å². The Bertz CT molecular complexity index is 213. The second kappa shape index (κ2) is 4.30. The third kappa shape index (κ3) is 2.27. The van der Waals surface area contributed by atoms with E-state index in [2.05, 4.69) is 13.8 Å². The Balaban J connectivity index is 2.24. The maximum Gasteiger partial charge on any atom is 0.305 e.